The first-order valence-electron chi connectivity index (χ1n) is 8.46. The third kappa shape index (κ3) is 5.18. The predicted molar refractivity (Wildman–Crippen MR) is 107 cm³/mol. The molecule has 0 saturated carbocycles. The van der Waals surface area contributed by atoms with Crippen molar-refractivity contribution in [2.75, 3.05) is 10.0 Å². The van der Waals surface area contributed by atoms with Crippen LogP contribution in [0.5, 0.6) is 0 Å². The number of hydrogen-bond acceptors (Lipinski definition) is 3. The lowest BCUT2D eigenvalue weighted by molar-refractivity contribution is -0.115. The number of amides is 1. The van der Waals surface area contributed by atoms with Gasteiger partial charge in [0, 0.05) is 5.69 Å². The number of hydrogen-bond donors (Lipinski definition) is 2. The van der Waals surface area contributed by atoms with Gasteiger partial charge >= 0.3 is 0 Å². The number of nitrogens with one attached hydrogen (secondary N) is 2. The van der Waals surface area contributed by atoms with Crippen LogP contribution in [0.1, 0.15) is 11.1 Å². The molecular formula is C21H20N2O3S. The molecule has 1 amide bonds. The van der Waals surface area contributed by atoms with Gasteiger partial charge in [0.15, 0.2) is 0 Å². The fraction of sp³-hybridized carbons (Fsp3) is 0.0952. The van der Waals surface area contributed by atoms with Crippen LogP contribution in [0, 0.1) is 6.92 Å². The molecule has 3 rings (SSSR count). The Morgan fingerprint density at radius 1 is 0.852 bits per heavy atom. The zero-order chi connectivity index (χ0) is 19.3. The van der Waals surface area contributed by atoms with Crippen molar-refractivity contribution in [1.29, 1.82) is 0 Å². The van der Waals surface area contributed by atoms with Gasteiger partial charge in [0.05, 0.1) is 17.0 Å². The minimum Gasteiger partial charge on any atom is -0.326 e. The molecule has 0 atom stereocenters. The van der Waals surface area contributed by atoms with Crippen LogP contribution in [0.15, 0.2) is 83.8 Å². The monoisotopic (exact) mass is 380 g/mol. The number of sulfonamides is 1. The molecule has 2 N–H and O–H groups in total. The van der Waals surface area contributed by atoms with Gasteiger partial charge in [0.2, 0.25) is 5.91 Å². The third-order valence-electron chi connectivity index (χ3n) is 3.94. The second-order valence-electron chi connectivity index (χ2n) is 6.21. The maximum Gasteiger partial charge on any atom is 0.261 e. The Bertz CT molecular complexity index is 1030. The molecule has 0 spiro atoms. The molecule has 0 aromatic heterocycles. The van der Waals surface area contributed by atoms with E-state index >= 15 is 0 Å². The van der Waals surface area contributed by atoms with Gasteiger partial charge in [0.1, 0.15) is 0 Å². The molecular weight excluding hydrogens is 360 g/mol. The third-order valence-corrected chi connectivity index (χ3v) is 5.33. The molecule has 5 nitrogen and oxygen atoms in total. The Labute approximate surface area is 159 Å². The van der Waals surface area contributed by atoms with E-state index in [1.54, 1.807) is 42.5 Å². The van der Waals surface area contributed by atoms with Crippen molar-refractivity contribution in [3.05, 3.63) is 90.0 Å². The highest BCUT2D eigenvalue weighted by Gasteiger charge is 2.13. The molecule has 0 saturated heterocycles. The average Bonchev–Trinajstić information content (AvgIpc) is 2.64. The summed E-state index contributed by atoms with van der Waals surface area (Å²) in [5, 5.41) is 2.80. The van der Waals surface area contributed by atoms with Gasteiger partial charge in [-0.25, -0.2) is 8.42 Å². The predicted octanol–water partition coefficient (Wildman–Crippen LogP) is 3.98. The second kappa shape index (κ2) is 8.05. The summed E-state index contributed by atoms with van der Waals surface area (Å²) in [6.45, 7) is 1.99. The summed E-state index contributed by atoms with van der Waals surface area (Å²) in [6.07, 6.45) is 0.250. The molecule has 0 aliphatic carbocycles. The zero-order valence-corrected chi connectivity index (χ0v) is 15.7. The van der Waals surface area contributed by atoms with E-state index in [-0.39, 0.29) is 17.2 Å². The Kier molecular flexibility index (Phi) is 5.57. The summed E-state index contributed by atoms with van der Waals surface area (Å²) in [5.74, 6) is -0.165. The van der Waals surface area contributed by atoms with Gasteiger partial charge in [0.25, 0.3) is 10.0 Å². The highest BCUT2D eigenvalue weighted by Crippen LogP contribution is 2.19. The molecule has 6 heteroatoms. The Morgan fingerprint density at radius 3 is 2.22 bits per heavy atom. The lowest BCUT2D eigenvalue weighted by Crippen LogP contribution is -2.15. The first-order valence-corrected chi connectivity index (χ1v) is 9.94. The van der Waals surface area contributed by atoms with Crippen LogP contribution in [0.4, 0.5) is 11.4 Å². The smallest absolute Gasteiger partial charge is 0.261 e. The Hall–Kier alpha value is -3.12. The highest BCUT2D eigenvalue weighted by atomic mass is 32.2. The molecule has 0 aliphatic rings. The molecule has 3 aromatic carbocycles. The summed E-state index contributed by atoms with van der Waals surface area (Å²) in [6, 6.07) is 22.5. The zero-order valence-electron chi connectivity index (χ0n) is 14.8. The van der Waals surface area contributed by atoms with Crippen molar-refractivity contribution in [2.45, 2.75) is 18.2 Å². The average molecular weight is 380 g/mol. The Balaban J connectivity index is 1.68. The van der Waals surface area contributed by atoms with E-state index in [1.807, 2.05) is 31.2 Å². The van der Waals surface area contributed by atoms with Gasteiger partial charge in [-0.15, -0.1) is 0 Å². The number of aryl methyl sites for hydroxylation is 1. The van der Waals surface area contributed by atoms with Crippen molar-refractivity contribution in [1.82, 2.24) is 0 Å². The molecule has 0 heterocycles. The molecule has 0 bridgehead atoms. The van der Waals surface area contributed by atoms with Crippen LogP contribution < -0.4 is 10.0 Å². The quantitative estimate of drug-likeness (QED) is 0.679. The van der Waals surface area contributed by atoms with Crippen LogP contribution >= 0.6 is 0 Å². The number of benzene rings is 3. The summed E-state index contributed by atoms with van der Waals surface area (Å²) >= 11 is 0. The molecule has 0 radical (unpaired) electrons. The topological polar surface area (TPSA) is 75.3 Å². The first-order chi connectivity index (χ1) is 12.9. The van der Waals surface area contributed by atoms with E-state index in [0.717, 1.165) is 11.1 Å². The SMILES string of the molecule is Cc1ccc(CC(=O)Nc2cccc(NS(=O)(=O)c3ccccc3)c2)cc1. The van der Waals surface area contributed by atoms with Crippen LogP contribution in [-0.2, 0) is 21.2 Å². The van der Waals surface area contributed by atoms with Gasteiger partial charge in [-0.05, 0) is 42.8 Å². The normalized spacial score (nSPS) is 11.0. The number of rotatable bonds is 6. The van der Waals surface area contributed by atoms with Crippen molar-refractivity contribution >= 4 is 27.3 Å². The van der Waals surface area contributed by atoms with Gasteiger partial charge in [-0.2, -0.15) is 0 Å². The van der Waals surface area contributed by atoms with Gasteiger partial charge in [-0.1, -0.05) is 54.1 Å². The summed E-state index contributed by atoms with van der Waals surface area (Å²) < 4.78 is 27.3. The van der Waals surface area contributed by atoms with Crippen LogP contribution in [0.2, 0.25) is 0 Å². The van der Waals surface area contributed by atoms with E-state index in [2.05, 4.69) is 10.0 Å². The lowest BCUT2D eigenvalue weighted by Gasteiger charge is -2.10. The molecule has 138 valence electrons. The van der Waals surface area contributed by atoms with Crippen molar-refractivity contribution in [2.24, 2.45) is 0 Å². The van der Waals surface area contributed by atoms with E-state index < -0.39 is 10.0 Å². The highest BCUT2D eigenvalue weighted by molar-refractivity contribution is 7.92. The van der Waals surface area contributed by atoms with E-state index in [9.17, 15) is 13.2 Å². The number of anilines is 2. The van der Waals surface area contributed by atoms with E-state index in [4.69, 9.17) is 0 Å². The van der Waals surface area contributed by atoms with Gasteiger partial charge < -0.3 is 5.32 Å². The maximum absolute atomic E-state index is 12.4. The van der Waals surface area contributed by atoms with Crippen LogP contribution in [0.3, 0.4) is 0 Å². The summed E-state index contributed by atoms with van der Waals surface area (Å²) in [5.41, 5.74) is 2.96. The number of carbonyl (C=O) groups is 1. The van der Waals surface area contributed by atoms with Crippen molar-refractivity contribution in [3.63, 3.8) is 0 Å². The lowest BCUT2D eigenvalue weighted by atomic mass is 10.1. The second-order valence-corrected chi connectivity index (χ2v) is 7.89. The van der Waals surface area contributed by atoms with Crippen LogP contribution in [-0.4, -0.2) is 14.3 Å². The fourth-order valence-electron chi connectivity index (χ4n) is 2.57. The van der Waals surface area contributed by atoms with E-state index in [0.29, 0.717) is 11.4 Å². The van der Waals surface area contributed by atoms with E-state index in [1.165, 1.54) is 12.1 Å². The Morgan fingerprint density at radius 2 is 1.52 bits per heavy atom. The molecule has 27 heavy (non-hydrogen) atoms. The standard InChI is InChI=1S/C21H20N2O3S/c1-16-10-12-17(13-11-16)14-21(24)22-18-6-5-7-19(15-18)23-27(25,26)20-8-3-2-4-9-20/h2-13,15,23H,14H2,1H3,(H,22,24). The molecule has 0 fully saturated rings. The molecule has 0 aliphatic heterocycles. The summed E-state index contributed by atoms with van der Waals surface area (Å²) in [4.78, 5) is 12.4. The van der Waals surface area contributed by atoms with Crippen molar-refractivity contribution < 1.29 is 13.2 Å². The fourth-order valence-corrected chi connectivity index (χ4v) is 3.64. The molecule has 3 aromatic rings. The minimum absolute atomic E-state index is 0.165. The number of carbonyl (C=O) groups excluding carboxylic acids is 1. The maximum atomic E-state index is 12.4. The van der Waals surface area contributed by atoms with Gasteiger partial charge in [-0.3, -0.25) is 9.52 Å². The van der Waals surface area contributed by atoms with Crippen LogP contribution in [0.25, 0.3) is 0 Å². The summed E-state index contributed by atoms with van der Waals surface area (Å²) in [7, 11) is -3.67. The van der Waals surface area contributed by atoms with Crippen molar-refractivity contribution in [3.8, 4) is 0 Å². The first kappa shape index (κ1) is 18.7. The minimum atomic E-state index is -3.67. The molecule has 0 unspecified atom stereocenters. The largest absolute Gasteiger partial charge is 0.326 e.